The minimum absolute atomic E-state index is 0.149. The molecule has 58 heavy (non-hydrogen) atoms. The van der Waals surface area contributed by atoms with Crippen LogP contribution in [0.15, 0.2) is 66.9 Å². The normalized spacial score (nSPS) is 17.6. The van der Waals surface area contributed by atoms with Gasteiger partial charge in [0.2, 0.25) is 11.8 Å². The second kappa shape index (κ2) is 16.5. The van der Waals surface area contributed by atoms with Crippen LogP contribution >= 0.6 is 0 Å². The number of ether oxygens (including phenoxy) is 1. The Morgan fingerprint density at radius 3 is 2.43 bits per heavy atom. The van der Waals surface area contributed by atoms with E-state index in [2.05, 4.69) is 31.2 Å². The summed E-state index contributed by atoms with van der Waals surface area (Å²) >= 11 is 0. The number of carbonyl (C=O) groups excluding carboxylic acids is 4. The van der Waals surface area contributed by atoms with Gasteiger partial charge in [-0.15, -0.1) is 0 Å². The molecule has 1 aromatic heterocycles. The van der Waals surface area contributed by atoms with Gasteiger partial charge in [-0.2, -0.15) is 13.2 Å². The van der Waals surface area contributed by atoms with Gasteiger partial charge in [0.1, 0.15) is 17.6 Å². The SMILES string of the molecule is CNC(=O)c1ccccc1Nc1cc(Nc2cc(C)c(C3CCN(Cc4cccc5c4CN(C4CCC(=O)NC4=O)C5=O)CC3)cc2OC(C)C)ncc1C(F)(F)F. The maximum Gasteiger partial charge on any atom is 0.419 e. The average Bonchev–Trinajstić information content (AvgIpc) is 3.52. The van der Waals surface area contributed by atoms with E-state index in [1.807, 2.05) is 45.0 Å². The Morgan fingerprint density at radius 1 is 0.966 bits per heavy atom. The number of piperidine rings is 2. The summed E-state index contributed by atoms with van der Waals surface area (Å²) < 4.78 is 48.8. The number of aryl methyl sites for hydroxylation is 1. The van der Waals surface area contributed by atoms with Gasteiger partial charge in [0.15, 0.2) is 0 Å². The standard InChI is InChI=1S/C43H46F3N7O5/c1-24(2)58-37-19-30(25(3)18-35(37)50-38-20-34(32(21-48-38)43(44,45)46)49-33-11-6-5-9-29(33)40(55)47-4)26-14-16-52(17-15-26)22-27-8-7-10-28-31(27)23-53(42(28)57)36-12-13-39(54)51-41(36)56/h5-11,18-21,24,26,36H,12-17,22-23H2,1-4H3,(H,47,55)(H2,48,49,50)(H,51,54,56). The van der Waals surface area contributed by atoms with Gasteiger partial charge in [0.25, 0.3) is 11.8 Å². The summed E-state index contributed by atoms with van der Waals surface area (Å²) in [5.41, 5.74) is 4.38. The highest BCUT2D eigenvalue weighted by atomic mass is 19.4. The van der Waals surface area contributed by atoms with Crippen LogP contribution in [0.25, 0.3) is 0 Å². The summed E-state index contributed by atoms with van der Waals surface area (Å²) in [5.74, 6) is -0.456. The molecule has 1 unspecified atom stereocenters. The van der Waals surface area contributed by atoms with Crippen molar-refractivity contribution in [2.75, 3.05) is 30.8 Å². The second-order valence-corrected chi connectivity index (χ2v) is 15.3. The number of carbonyl (C=O) groups is 4. The second-order valence-electron chi connectivity index (χ2n) is 15.3. The minimum atomic E-state index is -4.71. The molecule has 0 spiro atoms. The highest BCUT2D eigenvalue weighted by Gasteiger charge is 2.40. The number of hydrogen-bond donors (Lipinski definition) is 4. The van der Waals surface area contributed by atoms with Crippen LogP contribution < -0.4 is 26.0 Å². The molecule has 0 saturated carbocycles. The lowest BCUT2D eigenvalue weighted by Crippen LogP contribution is -2.52. The van der Waals surface area contributed by atoms with Crippen molar-refractivity contribution >= 4 is 46.5 Å². The highest BCUT2D eigenvalue weighted by molar-refractivity contribution is 6.05. The third kappa shape index (κ3) is 8.49. The van der Waals surface area contributed by atoms with Crippen molar-refractivity contribution in [1.29, 1.82) is 0 Å². The van der Waals surface area contributed by atoms with E-state index in [0.29, 0.717) is 36.5 Å². The van der Waals surface area contributed by atoms with E-state index in [0.717, 1.165) is 54.4 Å². The number of amides is 4. The van der Waals surface area contributed by atoms with Gasteiger partial charge in [-0.25, -0.2) is 4.98 Å². The largest absolute Gasteiger partial charge is 0.489 e. The molecule has 4 heterocycles. The molecule has 4 amide bonds. The van der Waals surface area contributed by atoms with Crippen LogP contribution in [0.1, 0.15) is 94.0 Å². The number of para-hydroxylation sites is 1. The molecule has 12 nitrogen and oxygen atoms in total. The number of imide groups is 1. The van der Waals surface area contributed by atoms with Crippen LogP contribution in [-0.4, -0.2) is 70.7 Å². The van der Waals surface area contributed by atoms with E-state index >= 15 is 0 Å². The van der Waals surface area contributed by atoms with Crippen LogP contribution in [0.4, 0.5) is 36.1 Å². The molecule has 3 aliphatic rings. The van der Waals surface area contributed by atoms with Crippen LogP contribution in [0.2, 0.25) is 0 Å². The number of alkyl halides is 3. The quantitative estimate of drug-likeness (QED) is 0.116. The lowest BCUT2D eigenvalue weighted by Gasteiger charge is -2.33. The van der Waals surface area contributed by atoms with Gasteiger partial charge in [-0.3, -0.25) is 29.4 Å². The van der Waals surface area contributed by atoms with Crippen molar-refractivity contribution in [3.05, 3.63) is 106 Å². The number of nitrogens with zero attached hydrogens (tertiary/aromatic N) is 3. The Morgan fingerprint density at radius 2 is 1.72 bits per heavy atom. The fraction of sp³-hybridized carbons (Fsp3) is 0.372. The van der Waals surface area contributed by atoms with Gasteiger partial charge < -0.3 is 25.6 Å². The van der Waals surface area contributed by atoms with Crippen LogP contribution in [0.3, 0.4) is 0 Å². The van der Waals surface area contributed by atoms with Crippen LogP contribution in [-0.2, 0) is 28.9 Å². The van der Waals surface area contributed by atoms with Crippen molar-refractivity contribution in [3.63, 3.8) is 0 Å². The molecule has 2 saturated heterocycles. The maximum atomic E-state index is 14.2. The number of benzene rings is 3. The Bertz CT molecular complexity index is 2250. The molecule has 0 bridgehead atoms. The molecular formula is C43H46F3N7O5. The van der Waals surface area contributed by atoms with E-state index in [1.54, 1.807) is 23.1 Å². The zero-order valence-electron chi connectivity index (χ0n) is 32.8. The lowest BCUT2D eigenvalue weighted by molar-refractivity contribution is -0.138. The number of likely N-dealkylation sites (tertiary alicyclic amines) is 1. The van der Waals surface area contributed by atoms with Crippen LogP contribution in [0.5, 0.6) is 5.75 Å². The van der Waals surface area contributed by atoms with Gasteiger partial charge in [-0.05, 0) is 112 Å². The van der Waals surface area contributed by atoms with Gasteiger partial charge >= 0.3 is 6.18 Å². The monoisotopic (exact) mass is 797 g/mol. The maximum absolute atomic E-state index is 14.2. The number of anilines is 4. The summed E-state index contributed by atoms with van der Waals surface area (Å²) in [5, 5.41) is 10.9. The summed E-state index contributed by atoms with van der Waals surface area (Å²) in [6.07, 6.45) is -1.88. The average molecular weight is 798 g/mol. The molecule has 3 aromatic carbocycles. The summed E-state index contributed by atoms with van der Waals surface area (Å²) in [6.45, 7) is 8.43. The molecule has 4 N–H and O–H groups in total. The van der Waals surface area contributed by atoms with Crippen molar-refractivity contribution < 1.29 is 37.1 Å². The molecule has 304 valence electrons. The van der Waals surface area contributed by atoms with Gasteiger partial charge in [0, 0.05) is 44.4 Å². The Labute approximate surface area is 334 Å². The summed E-state index contributed by atoms with van der Waals surface area (Å²) in [6, 6.07) is 16.6. The summed E-state index contributed by atoms with van der Waals surface area (Å²) in [7, 11) is 1.45. The molecule has 3 aliphatic heterocycles. The number of rotatable bonds is 11. The third-order valence-electron chi connectivity index (χ3n) is 11.0. The number of hydrogen-bond acceptors (Lipinski definition) is 9. The zero-order chi connectivity index (χ0) is 41.3. The van der Waals surface area contributed by atoms with Gasteiger partial charge in [-0.1, -0.05) is 24.3 Å². The lowest BCUT2D eigenvalue weighted by atomic mass is 9.86. The first kappa shape index (κ1) is 40.2. The van der Waals surface area contributed by atoms with Crippen molar-refractivity contribution in [2.45, 2.75) is 83.8 Å². The Balaban J connectivity index is 1.07. The van der Waals surface area contributed by atoms with Crippen molar-refractivity contribution in [1.82, 2.24) is 25.4 Å². The number of halogens is 3. The predicted octanol–water partition coefficient (Wildman–Crippen LogP) is 7.18. The number of aromatic nitrogens is 1. The number of fused-ring (bicyclic) bond motifs is 1. The van der Waals surface area contributed by atoms with Gasteiger partial charge in [0.05, 0.1) is 34.3 Å². The molecule has 1 atom stereocenters. The molecule has 15 heteroatoms. The first-order valence-electron chi connectivity index (χ1n) is 19.4. The molecule has 7 rings (SSSR count). The zero-order valence-corrected chi connectivity index (χ0v) is 32.8. The van der Waals surface area contributed by atoms with E-state index in [4.69, 9.17) is 4.74 Å². The fourth-order valence-corrected chi connectivity index (χ4v) is 8.09. The van der Waals surface area contributed by atoms with E-state index < -0.39 is 29.6 Å². The highest BCUT2D eigenvalue weighted by Crippen LogP contribution is 2.41. The van der Waals surface area contributed by atoms with Crippen molar-refractivity contribution in [2.24, 2.45) is 0 Å². The van der Waals surface area contributed by atoms with E-state index in [9.17, 15) is 32.3 Å². The van der Waals surface area contributed by atoms with E-state index in [-0.39, 0.29) is 53.0 Å². The van der Waals surface area contributed by atoms with Crippen LogP contribution in [0, 0.1) is 6.92 Å². The molecule has 2 fully saturated rings. The molecular weight excluding hydrogens is 752 g/mol. The number of nitrogens with one attached hydrogen (secondary N) is 4. The minimum Gasteiger partial charge on any atom is -0.489 e. The van der Waals surface area contributed by atoms with E-state index in [1.165, 1.54) is 25.2 Å². The molecule has 0 radical (unpaired) electrons. The van der Waals surface area contributed by atoms with Crippen molar-refractivity contribution in [3.8, 4) is 5.75 Å². The fourth-order valence-electron chi connectivity index (χ4n) is 8.09. The molecule has 0 aliphatic carbocycles. The predicted molar refractivity (Wildman–Crippen MR) is 212 cm³/mol. The smallest absolute Gasteiger partial charge is 0.419 e. The first-order valence-corrected chi connectivity index (χ1v) is 19.4. The summed E-state index contributed by atoms with van der Waals surface area (Å²) in [4.78, 5) is 58.2. The third-order valence-corrected chi connectivity index (χ3v) is 11.0. The molecule has 4 aromatic rings. The number of pyridine rings is 1. The topological polar surface area (TPSA) is 145 Å². The Hall–Kier alpha value is -5.96. The Kier molecular flexibility index (Phi) is 11.4. The first-order chi connectivity index (χ1) is 27.7.